The third kappa shape index (κ3) is 2.89. The SMILES string of the molecule is CCC(C)(OC)c1nnc(SCC(=O)O)n1N. The molecular formula is C9H16N4O3S. The highest BCUT2D eigenvalue weighted by Crippen LogP contribution is 2.27. The maximum Gasteiger partial charge on any atom is 0.313 e. The third-order valence-corrected chi connectivity index (χ3v) is 3.52. The van der Waals surface area contributed by atoms with Gasteiger partial charge in [0.25, 0.3) is 0 Å². The Labute approximate surface area is 103 Å². The average Bonchev–Trinajstić information content (AvgIpc) is 2.67. The van der Waals surface area contributed by atoms with Crippen LogP contribution in [-0.2, 0) is 15.1 Å². The maximum absolute atomic E-state index is 10.5. The monoisotopic (exact) mass is 260 g/mol. The molecule has 0 radical (unpaired) electrons. The van der Waals surface area contributed by atoms with Crippen molar-refractivity contribution in [2.45, 2.75) is 31.0 Å². The molecule has 0 saturated carbocycles. The number of hydrogen-bond acceptors (Lipinski definition) is 6. The van der Waals surface area contributed by atoms with Gasteiger partial charge in [0.15, 0.2) is 5.82 Å². The van der Waals surface area contributed by atoms with Crippen molar-refractivity contribution in [3.05, 3.63) is 5.82 Å². The minimum absolute atomic E-state index is 0.106. The summed E-state index contributed by atoms with van der Waals surface area (Å²) in [6, 6.07) is 0. The second-order valence-corrected chi connectivity index (χ2v) is 4.59. The molecule has 0 aliphatic carbocycles. The van der Waals surface area contributed by atoms with E-state index in [0.717, 1.165) is 11.8 Å². The molecule has 1 atom stereocenters. The Morgan fingerprint density at radius 2 is 2.29 bits per heavy atom. The van der Waals surface area contributed by atoms with Crippen LogP contribution in [0.1, 0.15) is 26.1 Å². The number of methoxy groups -OCH3 is 1. The largest absolute Gasteiger partial charge is 0.481 e. The van der Waals surface area contributed by atoms with Crippen molar-refractivity contribution in [1.29, 1.82) is 0 Å². The van der Waals surface area contributed by atoms with Gasteiger partial charge in [-0.2, -0.15) is 0 Å². The highest BCUT2D eigenvalue weighted by atomic mass is 32.2. The number of rotatable bonds is 6. The summed E-state index contributed by atoms with van der Waals surface area (Å²) >= 11 is 1.02. The number of ether oxygens (including phenoxy) is 1. The Morgan fingerprint density at radius 1 is 1.65 bits per heavy atom. The Kier molecular flexibility index (Phi) is 4.35. The standard InChI is InChI=1S/C9H16N4O3S/c1-4-9(2,16-3)7-11-12-8(13(7)10)17-5-6(14)15/h4-5,10H2,1-3H3,(H,14,15). The van der Waals surface area contributed by atoms with E-state index in [1.54, 1.807) is 7.11 Å². The molecule has 96 valence electrons. The van der Waals surface area contributed by atoms with E-state index in [9.17, 15) is 4.79 Å². The predicted octanol–water partition coefficient (Wildman–Crippen LogP) is 0.440. The van der Waals surface area contributed by atoms with Gasteiger partial charge in [0.1, 0.15) is 5.60 Å². The number of nitrogens with two attached hydrogens (primary N) is 1. The number of nitrogens with zero attached hydrogens (tertiary/aromatic N) is 3. The second-order valence-electron chi connectivity index (χ2n) is 3.65. The van der Waals surface area contributed by atoms with Gasteiger partial charge < -0.3 is 15.7 Å². The molecule has 1 heterocycles. The summed E-state index contributed by atoms with van der Waals surface area (Å²) in [4.78, 5) is 10.5. The summed E-state index contributed by atoms with van der Waals surface area (Å²) in [7, 11) is 1.57. The topological polar surface area (TPSA) is 103 Å². The molecule has 1 rings (SSSR count). The van der Waals surface area contributed by atoms with E-state index in [-0.39, 0.29) is 5.75 Å². The zero-order chi connectivity index (χ0) is 13.1. The zero-order valence-corrected chi connectivity index (χ0v) is 10.8. The summed E-state index contributed by atoms with van der Waals surface area (Å²) in [5.41, 5.74) is -0.621. The molecule has 0 spiro atoms. The molecule has 0 fully saturated rings. The summed E-state index contributed by atoms with van der Waals surface area (Å²) < 4.78 is 6.64. The molecule has 0 bridgehead atoms. The number of aliphatic carboxylic acids is 1. The average molecular weight is 260 g/mol. The molecule has 1 aromatic heterocycles. The van der Waals surface area contributed by atoms with E-state index in [1.807, 2.05) is 13.8 Å². The second kappa shape index (κ2) is 5.37. The molecule has 7 nitrogen and oxygen atoms in total. The van der Waals surface area contributed by atoms with E-state index in [0.29, 0.717) is 17.4 Å². The lowest BCUT2D eigenvalue weighted by molar-refractivity contribution is -0.133. The summed E-state index contributed by atoms with van der Waals surface area (Å²) in [6.07, 6.45) is 0.683. The van der Waals surface area contributed by atoms with Gasteiger partial charge in [0.05, 0.1) is 5.75 Å². The van der Waals surface area contributed by atoms with Gasteiger partial charge in [0, 0.05) is 7.11 Å². The van der Waals surface area contributed by atoms with Crippen LogP contribution in [0, 0.1) is 0 Å². The number of carbonyl (C=O) groups is 1. The Bertz CT molecular complexity index is 403. The lowest BCUT2D eigenvalue weighted by Gasteiger charge is -2.24. The molecule has 0 saturated heterocycles. The van der Waals surface area contributed by atoms with Gasteiger partial charge in [-0.05, 0) is 13.3 Å². The summed E-state index contributed by atoms with van der Waals surface area (Å²) in [5, 5.41) is 16.8. The van der Waals surface area contributed by atoms with Crippen LogP contribution in [0.4, 0.5) is 0 Å². The zero-order valence-electron chi connectivity index (χ0n) is 10.0. The molecule has 0 amide bonds. The summed E-state index contributed by atoms with van der Waals surface area (Å²) in [5.74, 6) is 5.27. The van der Waals surface area contributed by atoms with Crippen molar-refractivity contribution in [2.75, 3.05) is 18.7 Å². The highest BCUT2D eigenvalue weighted by molar-refractivity contribution is 7.99. The lowest BCUT2D eigenvalue weighted by atomic mass is 10.0. The van der Waals surface area contributed by atoms with Crippen molar-refractivity contribution < 1.29 is 14.6 Å². The fourth-order valence-electron chi connectivity index (χ4n) is 1.26. The van der Waals surface area contributed by atoms with E-state index in [2.05, 4.69) is 10.2 Å². The van der Waals surface area contributed by atoms with E-state index in [1.165, 1.54) is 4.68 Å². The molecule has 17 heavy (non-hydrogen) atoms. The third-order valence-electron chi connectivity index (χ3n) is 2.59. The molecule has 3 N–H and O–H groups in total. The number of thioether (sulfide) groups is 1. The first kappa shape index (κ1) is 13.8. The van der Waals surface area contributed by atoms with Gasteiger partial charge in [-0.1, -0.05) is 18.7 Å². The van der Waals surface area contributed by atoms with Crippen LogP contribution in [0.5, 0.6) is 0 Å². The predicted molar refractivity (Wildman–Crippen MR) is 63.2 cm³/mol. The molecule has 1 aromatic rings. The van der Waals surface area contributed by atoms with Crippen molar-refractivity contribution in [3.8, 4) is 0 Å². The quantitative estimate of drug-likeness (QED) is 0.565. The van der Waals surface area contributed by atoms with Crippen molar-refractivity contribution >= 4 is 17.7 Å². The number of hydrogen-bond donors (Lipinski definition) is 2. The molecule has 0 aromatic carbocycles. The van der Waals surface area contributed by atoms with Crippen LogP contribution >= 0.6 is 11.8 Å². The summed E-state index contributed by atoms with van der Waals surface area (Å²) in [6.45, 7) is 3.80. The van der Waals surface area contributed by atoms with Gasteiger partial charge >= 0.3 is 5.97 Å². The van der Waals surface area contributed by atoms with Crippen molar-refractivity contribution in [3.63, 3.8) is 0 Å². The number of carboxylic acids is 1. The maximum atomic E-state index is 10.5. The molecule has 0 aliphatic rings. The number of carboxylic acid groups (broad SMARTS) is 1. The van der Waals surface area contributed by atoms with Crippen molar-refractivity contribution in [1.82, 2.24) is 14.9 Å². The molecule has 8 heteroatoms. The van der Waals surface area contributed by atoms with Crippen LogP contribution in [0.2, 0.25) is 0 Å². The Morgan fingerprint density at radius 3 is 2.76 bits per heavy atom. The first-order valence-corrected chi connectivity index (χ1v) is 6.04. The molecule has 1 unspecified atom stereocenters. The van der Waals surface area contributed by atoms with Gasteiger partial charge in [-0.15, -0.1) is 10.2 Å². The normalized spacial score (nSPS) is 14.5. The fourth-order valence-corrected chi connectivity index (χ4v) is 1.83. The highest BCUT2D eigenvalue weighted by Gasteiger charge is 2.31. The molecular weight excluding hydrogens is 244 g/mol. The van der Waals surface area contributed by atoms with Crippen LogP contribution in [0.25, 0.3) is 0 Å². The van der Waals surface area contributed by atoms with Gasteiger partial charge in [-0.3, -0.25) is 4.79 Å². The van der Waals surface area contributed by atoms with Crippen LogP contribution < -0.4 is 5.84 Å². The Balaban J connectivity index is 2.94. The Hall–Kier alpha value is -1.28. The van der Waals surface area contributed by atoms with Crippen LogP contribution in [0.3, 0.4) is 0 Å². The minimum atomic E-state index is -0.926. The van der Waals surface area contributed by atoms with Crippen molar-refractivity contribution in [2.24, 2.45) is 0 Å². The first-order valence-electron chi connectivity index (χ1n) is 5.05. The minimum Gasteiger partial charge on any atom is -0.481 e. The van der Waals surface area contributed by atoms with Crippen LogP contribution in [-0.4, -0.2) is 38.8 Å². The van der Waals surface area contributed by atoms with Gasteiger partial charge in [-0.25, -0.2) is 4.68 Å². The number of nitrogen functional groups attached to an aromatic ring is 1. The smallest absolute Gasteiger partial charge is 0.313 e. The van der Waals surface area contributed by atoms with Gasteiger partial charge in [0.2, 0.25) is 5.16 Å². The number of aromatic nitrogens is 3. The lowest BCUT2D eigenvalue weighted by Crippen LogP contribution is -2.31. The van der Waals surface area contributed by atoms with E-state index in [4.69, 9.17) is 15.7 Å². The van der Waals surface area contributed by atoms with E-state index < -0.39 is 11.6 Å². The molecule has 0 aliphatic heterocycles. The fraction of sp³-hybridized carbons (Fsp3) is 0.667. The first-order chi connectivity index (χ1) is 7.94. The van der Waals surface area contributed by atoms with Crippen LogP contribution in [0.15, 0.2) is 5.16 Å². The van der Waals surface area contributed by atoms with E-state index >= 15 is 0 Å².